The Morgan fingerprint density at radius 3 is 2.55 bits per heavy atom. The van der Waals surface area contributed by atoms with E-state index in [-0.39, 0.29) is 17.2 Å². The molecule has 1 saturated heterocycles. The number of carbonyl (C=O) groups excluding carboxylic acids is 1. The first-order valence-electron chi connectivity index (χ1n) is 9.13. The van der Waals surface area contributed by atoms with Crippen LogP contribution < -0.4 is 14.8 Å². The maximum absolute atomic E-state index is 12.8. The van der Waals surface area contributed by atoms with Gasteiger partial charge in [0.15, 0.2) is 5.78 Å². The number of anilines is 1. The Balaban J connectivity index is 1.75. The van der Waals surface area contributed by atoms with Gasteiger partial charge in [-0.2, -0.15) is 4.31 Å². The molecule has 156 valence electrons. The van der Waals surface area contributed by atoms with Gasteiger partial charge in [-0.25, -0.2) is 8.42 Å². The first-order valence-corrected chi connectivity index (χ1v) is 10.6. The Kier molecular flexibility index (Phi) is 6.73. The Bertz CT molecular complexity index is 971. The van der Waals surface area contributed by atoms with Crippen LogP contribution in [0, 0.1) is 0 Å². The summed E-state index contributed by atoms with van der Waals surface area (Å²) in [6.07, 6.45) is 0. The number of nitrogens with zero attached hydrogens (tertiary/aromatic N) is 1. The number of sulfonamides is 1. The molecule has 2 aromatic carbocycles. The first-order chi connectivity index (χ1) is 14.0. The summed E-state index contributed by atoms with van der Waals surface area (Å²) in [6, 6.07) is 11.3. The maximum atomic E-state index is 12.8. The van der Waals surface area contributed by atoms with E-state index >= 15 is 0 Å². The third-order valence-electron chi connectivity index (χ3n) is 4.61. The van der Waals surface area contributed by atoms with Gasteiger partial charge < -0.3 is 19.5 Å². The van der Waals surface area contributed by atoms with Gasteiger partial charge in [-0.15, -0.1) is 0 Å². The summed E-state index contributed by atoms with van der Waals surface area (Å²) in [5, 5.41) is 3.03. The van der Waals surface area contributed by atoms with Gasteiger partial charge in [0.25, 0.3) is 0 Å². The molecule has 29 heavy (non-hydrogen) atoms. The highest BCUT2D eigenvalue weighted by Crippen LogP contribution is 2.29. The number of benzene rings is 2. The van der Waals surface area contributed by atoms with Crippen molar-refractivity contribution in [3.63, 3.8) is 0 Å². The van der Waals surface area contributed by atoms with Crippen molar-refractivity contribution < 1.29 is 27.4 Å². The normalized spacial score (nSPS) is 15.0. The van der Waals surface area contributed by atoms with E-state index in [1.165, 1.54) is 23.5 Å². The second kappa shape index (κ2) is 9.25. The highest BCUT2D eigenvalue weighted by atomic mass is 32.2. The third-order valence-corrected chi connectivity index (χ3v) is 6.50. The minimum absolute atomic E-state index is 0.0232. The molecular weight excluding hydrogens is 396 g/mol. The van der Waals surface area contributed by atoms with Crippen molar-refractivity contribution in [1.82, 2.24) is 4.31 Å². The number of hydrogen-bond acceptors (Lipinski definition) is 7. The van der Waals surface area contributed by atoms with Crippen LogP contribution in [0.3, 0.4) is 0 Å². The lowest BCUT2D eigenvalue weighted by molar-refractivity contribution is 0.0730. The second-order valence-electron chi connectivity index (χ2n) is 6.39. The molecule has 0 atom stereocenters. The van der Waals surface area contributed by atoms with Crippen molar-refractivity contribution in [2.24, 2.45) is 0 Å². The molecule has 0 radical (unpaired) electrons. The fraction of sp³-hybridized carbons (Fsp3) is 0.350. The van der Waals surface area contributed by atoms with Crippen LogP contribution in [-0.2, 0) is 14.8 Å². The molecule has 2 aromatic rings. The summed E-state index contributed by atoms with van der Waals surface area (Å²) in [5.41, 5.74) is 0.922. The molecule has 0 unspecified atom stereocenters. The average molecular weight is 420 g/mol. The van der Waals surface area contributed by atoms with Gasteiger partial charge in [0, 0.05) is 24.7 Å². The quantitative estimate of drug-likeness (QED) is 0.653. The Hall–Kier alpha value is -2.62. The number of nitrogens with one attached hydrogen (secondary N) is 1. The number of morpholine rings is 1. The molecule has 1 heterocycles. The summed E-state index contributed by atoms with van der Waals surface area (Å²) in [7, 11) is -0.571. The minimum Gasteiger partial charge on any atom is -0.497 e. The summed E-state index contributed by atoms with van der Waals surface area (Å²) in [4.78, 5) is 12.8. The molecule has 1 aliphatic rings. The molecule has 1 aliphatic heterocycles. The average Bonchev–Trinajstić information content (AvgIpc) is 2.77. The lowest BCUT2D eigenvalue weighted by Gasteiger charge is -2.26. The van der Waals surface area contributed by atoms with Gasteiger partial charge in [0.05, 0.1) is 44.6 Å². The Labute approximate surface area is 170 Å². The molecule has 8 nitrogen and oxygen atoms in total. The van der Waals surface area contributed by atoms with Crippen LogP contribution in [0.25, 0.3) is 0 Å². The van der Waals surface area contributed by atoms with Crippen molar-refractivity contribution in [3.8, 4) is 11.5 Å². The lowest BCUT2D eigenvalue weighted by Crippen LogP contribution is -2.40. The van der Waals surface area contributed by atoms with E-state index in [9.17, 15) is 13.2 Å². The predicted octanol–water partition coefficient (Wildman–Crippen LogP) is 2.02. The van der Waals surface area contributed by atoms with Crippen molar-refractivity contribution in [2.75, 3.05) is 52.4 Å². The fourth-order valence-electron chi connectivity index (χ4n) is 3.00. The number of carbonyl (C=O) groups is 1. The summed E-state index contributed by atoms with van der Waals surface area (Å²) < 4.78 is 42.7. The molecule has 0 aromatic heterocycles. The molecular formula is C20H24N2O6S. The Morgan fingerprint density at radius 1 is 1.10 bits per heavy atom. The van der Waals surface area contributed by atoms with Crippen molar-refractivity contribution in [2.45, 2.75) is 4.90 Å². The van der Waals surface area contributed by atoms with E-state index in [2.05, 4.69) is 5.32 Å². The number of hydrogen-bond donors (Lipinski definition) is 1. The van der Waals surface area contributed by atoms with Crippen molar-refractivity contribution >= 4 is 21.5 Å². The molecule has 0 saturated carbocycles. The van der Waals surface area contributed by atoms with Gasteiger partial charge in [-0.05, 0) is 24.3 Å². The van der Waals surface area contributed by atoms with Crippen molar-refractivity contribution in [1.29, 1.82) is 0 Å². The number of methoxy groups -OCH3 is 2. The third kappa shape index (κ3) is 4.87. The minimum atomic E-state index is -3.66. The van der Waals surface area contributed by atoms with Crippen LogP contribution in [0.15, 0.2) is 47.4 Å². The molecule has 3 rings (SSSR count). The smallest absolute Gasteiger partial charge is 0.243 e. The zero-order valence-corrected chi connectivity index (χ0v) is 17.2. The molecule has 1 N–H and O–H groups in total. The number of rotatable bonds is 8. The fourth-order valence-corrected chi connectivity index (χ4v) is 4.45. The number of ketones is 1. The van der Waals surface area contributed by atoms with Crippen LogP contribution in [0.1, 0.15) is 10.4 Å². The molecule has 0 aliphatic carbocycles. The topological polar surface area (TPSA) is 94.2 Å². The van der Waals surface area contributed by atoms with Crippen molar-refractivity contribution in [3.05, 3.63) is 48.0 Å². The molecule has 9 heteroatoms. The van der Waals surface area contributed by atoms with Crippen LogP contribution in [0.4, 0.5) is 5.69 Å². The Morgan fingerprint density at radius 2 is 1.86 bits per heavy atom. The molecule has 0 bridgehead atoms. The highest BCUT2D eigenvalue weighted by Gasteiger charge is 2.26. The van der Waals surface area contributed by atoms with Gasteiger partial charge >= 0.3 is 0 Å². The van der Waals surface area contributed by atoms with Gasteiger partial charge in [-0.1, -0.05) is 12.1 Å². The van der Waals surface area contributed by atoms with E-state index in [1.807, 2.05) is 0 Å². The largest absolute Gasteiger partial charge is 0.497 e. The number of ether oxygens (including phenoxy) is 3. The van der Waals surface area contributed by atoms with Gasteiger partial charge in [-0.3, -0.25) is 4.79 Å². The molecule has 0 amide bonds. The SMILES string of the molecule is COc1ccc(OC)c(NCC(=O)c2cccc(S(=O)(=O)N3CCOCC3)c2)c1. The highest BCUT2D eigenvalue weighted by molar-refractivity contribution is 7.89. The monoisotopic (exact) mass is 420 g/mol. The second-order valence-corrected chi connectivity index (χ2v) is 8.33. The van der Waals surface area contributed by atoms with Gasteiger partial charge in [0.1, 0.15) is 11.5 Å². The van der Waals surface area contributed by atoms with Crippen LogP contribution >= 0.6 is 0 Å². The predicted molar refractivity (Wildman–Crippen MR) is 108 cm³/mol. The molecule has 1 fully saturated rings. The van der Waals surface area contributed by atoms with Gasteiger partial charge in [0.2, 0.25) is 10.0 Å². The summed E-state index contributed by atoms with van der Waals surface area (Å²) in [6.45, 7) is 1.31. The summed E-state index contributed by atoms with van der Waals surface area (Å²) in [5.74, 6) is 0.954. The van der Waals surface area contributed by atoms with Crippen LogP contribution in [0.5, 0.6) is 11.5 Å². The van der Waals surface area contributed by atoms with E-state index in [0.717, 1.165) is 0 Å². The standard InChI is InChI=1S/C20H24N2O6S/c1-26-16-6-7-20(27-2)18(13-16)21-14-19(23)15-4-3-5-17(12-15)29(24,25)22-8-10-28-11-9-22/h3-7,12-13,21H,8-11,14H2,1-2H3. The zero-order chi connectivity index (χ0) is 20.9. The summed E-state index contributed by atoms with van der Waals surface area (Å²) >= 11 is 0. The zero-order valence-electron chi connectivity index (χ0n) is 16.4. The van der Waals surface area contributed by atoms with Crippen LogP contribution in [-0.4, -0.2) is 65.6 Å². The van der Waals surface area contributed by atoms with E-state index < -0.39 is 10.0 Å². The van der Waals surface area contributed by atoms with E-state index in [0.29, 0.717) is 49.1 Å². The molecule has 0 spiro atoms. The maximum Gasteiger partial charge on any atom is 0.243 e. The van der Waals surface area contributed by atoms with E-state index in [1.54, 1.807) is 37.4 Å². The van der Waals surface area contributed by atoms with E-state index in [4.69, 9.17) is 14.2 Å². The van der Waals surface area contributed by atoms with Crippen LogP contribution in [0.2, 0.25) is 0 Å². The first kappa shape index (κ1) is 21.1. The number of Topliss-reactive ketones (excluding diaryl/α,β-unsaturated/α-hetero) is 1. The lowest BCUT2D eigenvalue weighted by atomic mass is 10.1.